The lowest BCUT2D eigenvalue weighted by Gasteiger charge is -2.28. The van der Waals surface area contributed by atoms with E-state index in [9.17, 15) is 0 Å². The number of thiol groups is 2. The van der Waals surface area contributed by atoms with Crippen LogP contribution in [-0.2, 0) is 0 Å². The summed E-state index contributed by atoms with van der Waals surface area (Å²) < 4.78 is 0.842. The van der Waals surface area contributed by atoms with Crippen LogP contribution in [0.15, 0.2) is 23.2 Å². The normalized spacial score (nSPS) is 16.2. The molecule has 0 radical (unpaired) electrons. The van der Waals surface area contributed by atoms with Gasteiger partial charge in [-0.1, -0.05) is 101 Å². The van der Waals surface area contributed by atoms with Crippen molar-refractivity contribution in [2.75, 3.05) is 0 Å². The number of aromatic nitrogens is 1. The molecule has 0 aliphatic carbocycles. The Morgan fingerprint density at radius 1 is 1.04 bits per heavy atom. The van der Waals surface area contributed by atoms with E-state index in [4.69, 9.17) is 12.6 Å². The van der Waals surface area contributed by atoms with E-state index in [1.165, 1.54) is 25.7 Å². The predicted molar refractivity (Wildman–Crippen MR) is 138 cm³/mol. The molecule has 1 rings (SSSR count). The fraction of sp³-hybridized carbons (Fsp3) is 0.722. The lowest BCUT2D eigenvalue weighted by Crippen LogP contribution is -2.11. The fourth-order valence-corrected chi connectivity index (χ4v) is 12.2. The van der Waals surface area contributed by atoms with Crippen LogP contribution in [0.25, 0.3) is 0 Å². The third kappa shape index (κ3) is 11.0. The van der Waals surface area contributed by atoms with E-state index in [0.717, 1.165) is 23.6 Å². The molecule has 0 saturated carbocycles. The maximum atomic E-state index is 5.06. The number of pyridine rings is 1. The maximum Gasteiger partial charge on any atom is 0.120 e. The van der Waals surface area contributed by atoms with Gasteiger partial charge in [-0.25, -0.2) is 4.98 Å². The summed E-state index contributed by atoms with van der Waals surface area (Å²) in [5, 5.41) is 1.06. The van der Waals surface area contributed by atoms with Crippen LogP contribution in [0.5, 0.6) is 0 Å². The van der Waals surface area contributed by atoms with Gasteiger partial charge in [-0.2, -0.15) is 12.6 Å². The number of hydrogen-bond donors (Lipinski definition) is 2. The van der Waals surface area contributed by atoms with Crippen LogP contribution in [-0.4, -0.2) is 17.6 Å². The molecule has 0 saturated heterocycles. The highest BCUT2D eigenvalue weighted by Gasteiger charge is 2.30. The van der Waals surface area contributed by atoms with Gasteiger partial charge in [0.2, 0.25) is 0 Å². The molecule has 1 aromatic rings. The Morgan fingerprint density at radius 2 is 1.77 bits per heavy atom. The molecular formula is C18H31NS7. The van der Waals surface area contributed by atoms with Crippen molar-refractivity contribution in [3.63, 3.8) is 0 Å². The van der Waals surface area contributed by atoms with Gasteiger partial charge >= 0.3 is 0 Å². The van der Waals surface area contributed by atoms with Gasteiger partial charge in [-0.15, -0.1) is 12.6 Å². The molecular weight excluding hydrogens is 455 g/mol. The Morgan fingerprint density at radius 3 is 2.38 bits per heavy atom. The largest absolute Gasteiger partial charge is 0.247 e. The van der Waals surface area contributed by atoms with Crippen molar-refractivity contribution in [3.8, 4) is 0 Å². The molecule has 3 atom stereocenters. The minimum atomic E-state index is -0.152. The van der Waals surface area contributed by atoms with Gasteiger partial charge in [-0.05, 0) is 38.3 Å². The van der Waals surface area contributed by atoms with Crippen LogP contribution in [0.2, 0.25) is 0 Å². The highest BCUT2D eigenvalue weighted by molar-refractivity contribution is 8.87. The lowest BCUT2D eigenvalue weighted by molar-refractivity contribution is 0.845. The fourth-order valence-electron chi connectivity index (χ4n) is 2.06. The lowest BCUT2D eigenvalue weighted by atomic mass is 10.4. The monoisotopic (exact) mass is 485 g/mol. The maximum absolute atomic E-state index is 5.06. The summed E-state index contributed by atoms with van der Waals surface area (Å²) in [6, 6.07) is 6.21. The molecule has 0 amide bonds. The number of nitrogens with zero attached hydrogens (tertiary/aromatic N) is 1. The second kappa shape index (κ2) is 14.6. The van der Waals surface area contributed by atoms with Crippen LogP contribution < -0.4 is 0 Å². The van der Waals surface area contributed by atoms with E-state index < -0.39 is 0 Å². The number of hydrogen-bond acceptors (Lipinski definition) is 8. The summed E-state index contributed by atoms with van der Waals surface area (Å²) in [5.41, 5.74) is 1.06. The van der Waals surface area contributed by atoms with Gasteiger partial charge in [0.1, 0.15) is 3.41 Å². The van der Waals surface area contributed by atoms with Crippen LogP contribution in [0.3, 0.4) is 0 Å². The summed E-state index contributed by atoms with van der Waals surface area (Å²) >= 11 is 11.5. The SMILES string of the molecule is CCCC(S)SSC(CCC)SSC(S)(CCC)Sc1cccc(C)n1. The molecule has 1 nitrogen and oxygen atoms in total. The van der Waals surface area contributed by atoms with Gasteiger partial charge < -0.3 is 0 Å². The smallest absolute Gasteiger partial charge is 0.120 e. The van der Waals surface area contributed by atoms with Gasteiger partial charge in [0.25, 0.3) is 0 Å². The summed E-state index contributed by atoms with van der Waals surface area (Å²) in [6.45, 7) is 8.75. The second-order valence-corrected chi connectivity index (χ2v) is 15.6. The molecule has 0 aromatic carbocycles. The summed E-state index contributed by atoms with van der Waals surface area (Å²) in [7, 11) is 7.79. The zero-order chi connectivity index (χ0) is 19.4. The molecule has 0 aliphatic rings. The van der Waals surface area contributed by atoms with Crippen molar-refractivity contribution < 1.29 is 0 Å². The van der Waals surface area contributed by atoms with Crippen LogP contribution >= 0.6 is 80.2 Å². The average molecular weight is 486 g/mol. The molecule has 0 aliphatic heterocycles. The van der Waals surface area contributed by atoms with Crippen LogP contribution in [0.4, 0.5) is 0 Å². The van der Waals surface area contributed by atoms with E-state index in [1.54, 1.807) is 11.8 Å². The molecule has 0 N–H and O–H groups in total. The standard InChI is InChI=1S/C18H31NS7/c1-5-9-16(20)23-24-17(10-6-2)25-26-18(21,13-7-3)22-15-12-8-11-14(4)19-15/h8,11-12,16-17,20-21H,5-7,9-10,13H2,1-4H3. The third-order valence-corrected chi connectivity index (χ3v) is 14.1. The minimum Gasteiger partial charge on any atom is -0.247 e. The highest BCUT2D eigenvalue weighted by Crippen LogP contribution is 2.56. The highest BCUT2D eigenvalue weighted by atomic mass is 33.1. The molecule has 150 valence electrons. The van der Waals surface area contributed by atoms with E-state index in [2.05, 4.69) is 50.5 Å². The van der Waals surface area contributed by atoms with Gasteiger partial charge in [0.15, 0.2) is 0 Å². The van der Waals surface area contributed by atoms with Crippen molar-refractivity contribution in [1.82, 2.24) is 4.98 Å². The van der Waals surface area contributed by atoms with Crippen LogP contribution in [0, 0.1) is 6.92 Å². The molecule has 8 heteroatoms. The Hall–Kier alpha value is 1.60. The summed E-state index contributed by atoms with van der Waals surface area (Å²) in [4.78, 5) is 4.66. The van der Waals surface area contributed by atoms with Crippen molar-refractivity contribution in [2.45, 2.75) is 83.8 Å². The van der Waals surface area contributed by atoms with Crippen molar-refractivity contribution >= 4 is 80.2 Å². The first-order valence-corrected chi connectivity index (χ1v) is 15.4. The van der Waals surface area contributed by atoms with Crippen LogP contribution in [0.1, 0.15) is 65.0 Å². The Bertz CT molecular complexity index is 502. The Labute approximate surface area is 191 Å². The molecule has 0 fully saturated rings. The summed E-state index contributed by atoms with van der Waals surface area (Å²) in [5.74, 6) is 0. The van der Waals surface area contributed by atoms with Gasteiger partial charge in [0.05, 0.1) is 14.2 Å². The molecule has 1 aromatic heterocycles. The van der Waals surface area contributed by atoms with Crippen molar-refractivity contribution in [2.24, 2.45) is 0 Å². The van der Waals surface area contributed by atoms with E-state index in [0.29, 0.717) is 9.16 Å². The second-order valence-electron chi connectivity index (χ2n) is 6.02. The topological polar surface area (TPSA) is 12.9 Å². The first-order chi connectivity index (χ1) is 12.4. The molecule has 1 heterocycles. The number of thioether (sulfide) groups is 1. The van der Waals surface area contributed by atoms with Gasteiger partial charge in [0, 0.05) is 5.69 Å². The van der Waals surface area contributed by atoms with Gasteiger partial charge in [-0.3, -0.25) is 0 Å². The molecule has 0 spiro atoms. The number of aryl methyl sites for hydroxylation is 1. The Kier molecular flexibility index (Phi) is 14.4. The number of rotatable bonds is 14. The molecule has 3 unspecified atom stereocenters. The predicted octanol–water partition coefficient (Wildman–Crippen LogP) is 8.81. The first-order valence-electron chi connectivity index (χ1n) is 9.12. The first kappa shape index (κ1) is 25.6. The third-order valence-electron chi connectivity index (χ3n) is 3.31. The zero-order valence-electron chi connectivity index (χ0n) is 16.0. The van der Waals surface area contributed by atoms with E-state index in [1.807, 2.05) is 56.2 Å². The quantitative estimate of drug-likeness (QED) is 0.117. The van der Waals surface area contributed by atoms with Crippen molar-refractivity contribution in [3.05, 3.63) is 23.9 Å². The molecule has 0 bridgehead atoms. The zero-order valence-corrected chi connectivity index (χ0v) is 21.9. The van der Waals surface area contributed by atoms with Crippen molar-refractivity contribution in [1.29, 1.82) is 0 Å². The van der Waals surface area contributed by atoms with E-state index >= 15 is 0 Å². The van der Waals surface area contributed by atoms with E-state index in [-0.39, 0.29) is 3.41 Å². The Balaban J connectivity index is 2.64. The average Bonchev–Trinajstić information content (AvgIpc) is 2.58. The summed E-state index contributed by atoms with van der Waals surface area (Å²) in [6.07, 6.45) is 6.94. The molecule has 26 heavy (non-hydrogen) atoms. The minimum absolute atomic E-state index is 0.152.